The number of non-ortho nitro benzene ring substituents is 1. The number of ketones is 1. The summed E-state index contributed by atoms with van der Waals surface area (Å²) in [5.41, 5.74) is 0.420. The molecule has 0 saturated carbocycles. The zero-order valence-corrected chi connectivity index (χ0v) is 12.3. The molecule has 0 aliphatic carbocycles. The average molecular weight is 290 g/mol. The van der Waals surface area contributed by atoms with Crippen molar-refractivity contribution >= 4 is 11.5 Å². The molecule has 1 aromatic carbocycles. The van der Waals surface area contributed by atoms with Crippen LogP contribution in [0.5, 0.6) is 0 Å². The van der Waals surface area contributed by atoms with Crippen molar-refractivity contribution < 1.29 is 9.72 Å². The summed E-state index contributed by atoms with van der Waals surface area (Å²) in [6, 6.07) is 6.01. The van der Waals surface area contributed by atoms with E-state index in [0.29, 0.717) is 12.0 Å². The Hall–Kier alpha value is -1.75. The van der Waals surface area contributed by atoms with E-state index in [-0.39, 0.29) is 11.5 Å². The number of rotatable bonds is 5. The number of carbonyl (C=O) groups excluding carboxylic acids is 1. The van der Waals surface area contributed by atoms with E-state index < -0.39 is 4.92 Å². The van der Waals surface area contributed by atoms with E-state index in [1.54, 1.807) is 12.1 Å². The highest BCUT2D eigenvalue weighted by atomic mass is 16.6. The molecular formula is C16H22N2O3. The monoisotopic (exact) mass is 290 g/mol. The molecule has 0 unspecified atom stereocenters. The third kappa shape index (κ3) is 4.93. The van der Waals surface area contributed by atoms with E-state index in [4.69, 9.17) is 0 Å². The molecule has 1 heterocycles. The standard InChI is InChI=1S/C16H22N2O3/c19-16(14-7-6-8-15(13-14)18(20)21)9-12-17-10-4-2-1-3-5-11-17/h6-8,13H,1-5,9-12H2. The molecule has 0 aromatic heterocycles. The van der Waals surface area contributed by atoms with Gasteiger partial charge in [0, 0.05) is 30.7 Å². The van der Waals surface area contributed by atoms with Crippen molar-refractivity contribution in [3.05, 3.63) is 39.9 Å². The third-order valence-electron chi connectivity index (χ3n) is 3.98. The molecule has 0 bridgehead atoms. The molecule has 0 spiro atoms. The number of nitrogens with zero attached hydrogens (tertiary/aromatic N) is 2. The van der Waals surface area contributed by atoms with E-state index in [0.717, 1.165) is 19.6 Å². The summed E-state index contributed by atoms with van der Waals surface area (Å²) < 4.78 is 0. The lowest BCUT2D eigenvalue weighted by atomic mass is 10.1. The minimum Gasteiger partial charge on any atom is -0.303 e. The van der Waals surface area contributed by atoms with Gasteiger partial charge >= 0.3 is 0 Å². The Bertz CT molecular complexity index is 494. The summed E-state index contributed by atoms with van der Waals surface area (Å²) in [6.07, 6.45) is 6.70. The Balaban J connectivity index is 1.88. The van der Waals surface area contributed by atoms with E-state index in [9.17, 15) is 14.9 Å². The smallest absolute Gasteiger partial charge is 0.270 e. The minimum absolute atomic E-state index is 0.0132. The fourth-order valence-electron chi connectivity index (χ4n) is 2.73. The Kier molecular flexibility index (Phi) is 5.87. The second-order valence-corrected chi connectivity index (χ2v) is 5.59. The van der Waals surface area contributed by atoms with E-state index >= 15 is 0 Å². The highest BCUT2D eigenvalue weighted by molar-refractivity contribution is 5.96. The van der Waals surface area contributed by atoms with Crippen molar-refractivity contribution in [3.63, 3.8) is 0 Å². The van der Waals surface area contributed by atoms with Gasteiger partial charge in [-0.2, -0.15) is 0 Å². The van der Waals surface area contributed by atoms with E-state index in [1.165, 1.54) is 44.2 Å². The maximum absolute atomic E-state index is 12.2. The van der Waals surface area contributed by atoms with E-state index in [2.05, 4.69) is 4.90 Å². The maximum atomic E-state index is 12.2. The molecule has 0 atom stereocenters. The molecule has 0 radical (unpaired) electrons. The molecule has 5 nitrogen and oxygen atoms in total. The van der Waals surface area contributed by atoms with Crippen LogP contribution in [0.2, 0.25) is 0 Å². The van der Waals surface area contributed by atoms with Crippen molar-refractivity contribution in [2.45, 2.75) is 38.5 Å². The second-order valence-electron chi connectivity index (χ2n) is 5.59. The van der Waals surface area contributed by atoms with Crippen LogP contribution in [0.15, 0.2) is 24.3 Å². The van der Waals surface area contributed by atoms with Crippen LogP contribution in [0.4, 0.5) is 5.69 Å². The highest BCUT2D eigenvalue weighted by Crippen LogP contribution is 2.15. The Labute approximate surface area is 125 Å². The first-order valence-corrected chi connectivity index (χ1v) is 7.67. The van der Waals surface area contributed by atoms with Gasteiger partial charge in [0.25, 0.3) is 5.69 Å². The summed E-state index contributed by atoms with van der Waals surface area (Å²) in [4.78, 5) is 24.8. The third-order valence-corrected chi connectivity index (χ3v) is 3.98. The van der Waals surface area contributed by atoms with Crippen molar-refractivity contribution in [2.24, 2.45) is 0 Å². The second kappa shape index (κ2) is 7.88. The van der Waals surface area contributed by atoms with Gasteiger partial charge in [0.1, 0.15) is 0 Å². The number of carbonyl (C=O) groups is 1. The number of nitro benzene ring substituents is 1. The molecule has 1 aromatic rings. The Morgan fingerprint density at radius 1 is 1.14 bits per heavy atom. The van der Waals surface area contributed by atoms with Gasteiger partial charge in [-0.3, -0.25) is 14.9 Å². The molecule has 114 valence electrons. The Morgan fingerprint density at radius 3 is 2.48 bits per heavy atom. The van der Waals surface area contributed by atoms with Gasteiger partial charge in [0.05, 0.1) is 4.92 Å². The zero-order chi connectivity index (χ0) is 15.1. The van der Waals surface area contributed by atoms with Crippen molar-refractivity contribution in [3.8, 4) is 0 Å². The van der Waals surface area contributed by atoms with Gasteiger partial charge in [-0.1, -0.05) is 31.4 Å². The summed E-state index contributed by atoms with van der Waals surface area (Å²) in [6.45, 7) is 2.87. The van der Waals surface area contributed by atoms with Crippen LogP contribution in [0.3, 0.4) is 0 Å². The molecule has 1 saturated heterocycles. The first-order valence-electron chi connectivity index (χ1n) is 7.67. The summed E-state index contributed by atoms with van der Waals surface area (Å²) in [5, 5.41) is 10.7. The number of likely N-dealkylation sites (tertiary alicyclic amines) is 1. The van der Waals surface area contributed by atoms with Crippen LogP contribution in [-0.2, 0) is 0 Å². The molecule has 5 heteroatoms. The maximum Gasteiger partial charge on any atom is 0.270 e. The molecule has 0 N–H and O–H groups in total. The van der Waals surface area contributed by atoms with Crippen LogP contribution in [0.1, 0.15) is 48.9 Å². The number of hydrogen-bond acceptors (Lipinski definition) is 4. The van der Waals surface area contributed by atoms with Crippen LogP contribution in [0, 0.1) is 10.1 Å². The van der Waals surface area contributed by atoms with Gasteiger partial charge in [-0.05, 0) is 25.9 Å². The predicted molar refractivity (Wildman–Crippen MR) is 81.6 cm³/mol. The fourth-order valence-corrected chi connectivity index (χ4v) is 2.73. The zero-order valence-electron chi connectivity index (χ0n) is 12.3. The molecule has 21 heavy (non-hydrogen) atoms. The van der Waals surface area contributed by atoms with Gasteiger partial charge in [-0.15, -0.1) is 0 Å². The van der Waals surface area contributed by atoms with Crippen LogP contribution >= 0.6 is 0 Å². The molecule has 2 rings (SSSR count). The van der Waals surface area contributed by atoms with Crippen molar-refractivity contribution in [1.82, 2.24) is 4.90 Å². The minimum atomic E-state index is -0.463. The summed E-state index contributed by atoms with van der Waals surface area (Å²) in [7, 11) is 0. The van der Waals surface area contributed by atoms with Crippen molar-refractivity contribution in [2.75, 3.05) is 19.6 Å². The summed E-state index contributed by atoms with van der Waals surface area (Å²) >= 11 is 0. The lowest BCUT2D eigenvalue weighted by molar-refractivity contribution is -0.384. The summed E-state index contributed by atoms with van der Waals surface area (Å²) in [5.74, 6) is -0.0132. The molecule has 1 aliphatic rings. The number of benzene rings is 1. The predicted octanol–water partition coefficient (Wildman–Crippen LogP) is 3.43. The average Bonchev–Trinajstić information content (AvgIpc) is 2.46. The van der Waals surface area contributed by atoms with Crippen LogP contribution < -0.4 is 0 Å². The molecule has 1 fully saturated rings. The number of Topliss-reactive ketones (excluding diaryl/α,β-unsaturated/α-hetero) is 1. The molecule has 1 aliphatic heterocycles. The highest BCUT2D eigenvalue weighted by Gasteiger charge is 2.14. The lowest BCUT2D eigenvalue weighted by Gasteiger charge is -2.24. The van der Waals surface area contributed by atoms with Gasteiger partial charge < -0.3 is 4.90 Å². The van der Waals surface area contributed by atoms with Crippen LogP contribution in [-0.4, -0.2) is 35.2 Å². The van der Waals surface area contributed by atoms with Crippen molar-refractivity contribution in [1.29, 1.82) is 0 Å². The first kappa shape index (κ1) is 15.6. The lowest BCUT2D eigenvalue weighted by Crippen LogP contribution is -2.29. The molecule has 0 amide bonds. The fraction of sp³-hybridized carbons (Fsp3) is 0.562. The Morgan fingerprint density at radius 2 is 1.81 bits per heavy atom. The van der Waals surface area contributed by atoms with Gasteiger partial charge in [0.15, 0.2) is 5.78 Å². The van der Waals surface area contributed by atoms with Gasteiger partial charge in [-0.25, -0.2) is 0 Å². The number of hydrogen-bond donors (Lipinski definition) is 0. The first-order chi connectivity index (χ1) is 10.2. The normalized spacial score (nSPS) is 17.0. The van der Waals surface area contributed by atoms with E-state index in [1.807, 2.05) is 0 Å². The van der Waals surface area contributed by atoms with Gasteiger partial charge in [0.2, 0.25) is 0 Å². The number of nitro groups is 1. The molecular weight excluding hydrogens is 268 g/mol. The topological polar surface area (TPSA) is 63.5 Å². The van der Waals surface area contributed by atoms with Crippen LogP contribution in [0.25, 0.3) is 0 Å². The quantitative estimate of drug-likeness (QED) is 0.473. The largest absolute Gasteiger partial charge is 0.303 e. The SMILES string of the molecule is O=C(CCN1CCCCCCC1)c1cccc([N+](=O)[O-])c1.